The van der Waals surface area contributed by atoms with E-state index in [9.17, 15) is 0 Å². The van der Waals surface area contributed by atoms with Crippen molar-refractivity contribution in [3.05, 3.63) is 0 Å². The molecule has 13 heavy (non-hydrogen) atoms. The van der Waals surface area contributed by atoms with E-state index in [1.54, 1.807) is 0 Å². The Morgan fingerprint density at radius 1 is 1.46 bits per heavy atom. The Morgan fingerprint density at radius 3 is 2.85 bits per heavy atom. The lowest BCUT2D eigenvalue weighted by Crippen LogP contribution is -2.19. The Bertz CT molecular complexity index is 162. The van der Waals surface area contributed by atoms with E-state index in [0.717, 1.165) is 25.2 Å². The predicted molar refractivity (Wildman–Crippen MR) is 55.3 cm³/mol. The Kier molecular flexibility index (Phi) is 3.27. The zero-order valence-electron chi connectivity index (χ0n) is 7.93. The van der Waals surface area contributed by atoms with Crippen molar-refractivity contribution in [2.45, 2.75) is 31.8 Å². The van der Waals surface area contributed by atoms with Crippen molar-refractivity contribution in [2.24, 2.45) is 5.41 Å². The molecule has 2 nitrogen and oxygen atoms in total. The summed E-state index contributed by atoms with van der Waals surface area (Å²) in [6, 6.07) is 0. The van der Waals surface area contributed by atoms with Crippen molar-refractivity contribution in [1.82, 2.24) is 0 Å². The van der Waals surface area contributed by atoms with E-state index in [0.29, 0.717) is 11.5 Å². The lowest BCUT2D eigenvalue weighted by Gasteiger charge is -2.14. The van der Waals surface area contributed by atoms with Crippen LogP contribution in [0.15, 0.2) is 0 Å². The largest absolute Gasteiger partial charge is 0.378 e. The molecule has 1 aliphatic carbocycles. The Balaban J connectivity index is 1.58. The Morgan fingerprint density at radius 2 is 2.31 bits per heavy atom. The number of hydrogen-bond donors (Lipinski definition) is 0. The first-order chi connectivity index (χ1) is 6.35. The molecule has 0 aromatic rings. The molecule has 76 valence electrons. The van der Waals surface area contributed by atoms with Gasteiger partial charge < -0.3 is 9.47 Å². The van der Waals surface area contributed by atoms with Gasteiger partial charge in [0.25, 0.3) is 0 Å². The monoisotopic (exact) mass is 248 g/mol. The van der Waals surface area contributed by atoms with Gasteiger partial charge in [-0.1, -0.05) is 15.9 Å². The summed E-state index contributed by atoms with van der Waals surface area (Å²) < 4.78 is 11.2. The molecular weight excluding hydrogens is 232 g/mol. The van der Waals surface area contributed by atoms with E-state index in [1.165, 1.54) is 25.7 Å². The highest BCUT2D eigenvalue weighted by Gasteiger charge is 2.41. The van der Waals surface area contributed by atoms with Gasteiger partial charge in [0.15, 0.2) is 0 Å². The van der Waals surface area contributed by atoms with Gasteiger partial charge in [0.2, 0.25) is 0 Å². The molecule has 0 aromatic heterocycles. The molecular formula is C10H17BrO2. The lowest BCUT2D eigenvalue weighted by molar-refractivity contribution is 0.00448. The standard InChI is InChI=1S/C10H17BrO2/c11-7-10(3-4-10)8-12-6-9-2-1-5-13-9/h9H,1-8H2. The van der Waals surface area contributed by atoms with Crippen LogP contribution in [0.1, 0.15) is 25.7 Å². The Hall–Kier alpha value is 0.400. The second-order valence-corrected chi connectivity index (χ2v) is 4.84. The second-order valence-electron chi connectivity index (χ2n) is 4.28. The van der Waals surface area contributed by atoms with Crippen LogP contribution in [0.4, 0.5) is 0 Å². The molecule has 1 aliphatic heterocycles. The molecule has 1 saturated carbocycles. The molecule has 2 rings (SSSR count). The van der Waals surface area contributed by atoms with Gasteiger partial charge in [-0.15, -0.1) is 0 Å². The molecule has 0 spiro atoms. The van der Waals surface area contributed by atoms with Crippen LogP contribution in [0, 0.1) is 5.41 Å². The molecule has 2 aliphatic rings. The second kappa shape index (κ2) is 4.28. The molecule has 3 heteroatoms. The van der Waals surface area contributed by atoms with Crippen LogP contribution in [-0.2, 0) is 9.47 Å². The van der Waals surface area contributed by atoms with Crippen LogP contribution in [0.2, 0.25) is 0 Å². The lowest BCUT2D eigenvalue weighted by atomic mass is 10.2. The molecule has 1 unspecified atom stereocenters. The first-order valence-corrected chi connectivity index (χ1v) is 6.22. The van der Waals surface area contributed by atoms with Gasteiger partial charge in [0.1, 0.15) is 0 Å². The summed E-state index contributed by atoms with van der Waals surface area (Å²) in [4.78, 5) is 0. The van der Waals surface area contributed by atoms with E-state index in [2.05, 4.69) is 15.9 Å². The maximum atomic E-state index is 5.68. The van der Waals surface area contributed by atoms with E-state index >= 15 is 0 Å². The van der Waals surface area contributed by atoms with E-state index in [-0.39, 0.29) is 0 Å². The molecule has 0 bridgehead atoms. The highest BCUT2D eigenvalue weighted by atomic mass is 79.9. The van der Waals surface area contributed by atoms with Crippen LogP contribution in [-0.4, -0.2) is 31.3 Å². The SMILES string of the molecule is BrCC1(COCC2CCCO2)CC1. The molecule has 0 radical (unpaired) electrons. The van der Waals surface area contributed by atoms with Gasteiger partial charge in [0, 0.05) is 17.4 Å². The van der Waals surface area contributed by atoms with Gasteiger partial charge in [0.05, 0.1) is 19.3 Å². The van der Waals surface area contributed by atoms with Crippen molar-refractivity contribution >= 4 is 15.9 Å². The zero-order valence-corrected chi connectivity index (χ0v) is 9.51. The zero-order chi connectivity index (χ0) is 9.15. The number of hydrogen-bond acceptors (Lipinski definition) is 2. The molecule has 1 atom stereocenters. The van der Waals surface area contributed by atoms with Gasteiger partial charge in [-0.25, -0.2) is 0 Å². The third kappa shape index (κ3) is 2.67. The quantitative estimate of drug-likeness (QED) is 0.696. The average molecular weight is 249 g/mol. The highest BCUT2D eigenvalue weighted by molar-refractivity contribution is 9.09. The molecule has 1 heterocycles. The third-order valence-corrected chi connectivity index (χ3v) is 4.17. The summed E-state index contributed by atoms with van der Waals surface area (Å²) in [5.41, 5.74) is 0.485. The van der Waals surface area contributed by atoms with Crippen molar-refractivity contribution < 1.29 is 9.47 Å². The van der Waals surface area contributed by atoms with E-state index in [1.807, 2.05) is 0 Å². The maximum absolute atomic E-state index is 5.68. The summed E-state index contributed by atoms with van der Waals surface area (Å²) in [5.74, 6) is 0. The van der Waals surface area contributed by atoms with E-state index in [4.69, 9.17) is 9.47 Å². The van der Waals surface area contributed by atoms with Crippen LogP contribution in [0.5, 0.6) is 0 Å². The summed E-state index contributed by atoms with van der Waals surface area (Å²) in [6.45, 7) is 2.64. The number of halogens is 1. The summed E-state index contributed by atoms with van der Waals surface area (Å²) in [5, 5.41) is 1.09. The van der Waals surface area contributed by atoms with Crippen molar-refractivity contribution in [3.63, 3.8) is 0 Å². The topological polar surface area (TPSA) is 18.5 Å². The van der Waals surface area contributed by atoms with Crippen molar-refractivity contribution in [2.75, 3.05) is 25.2 Å². The van der Waals surface area contributed by atoms with Gasteiger partial charge >= 0.3 is 0 Å². The molecule has 0 aromatic carbocycles. The molecule has 1 saturated heterocycles. The number of alkyl halides is 1. The number of ether oxygens (including phenoxy) is 2. The average Bonchev–Trinajstić information content (AvgIpc) is 2.74. The fraction of sp³-hybridized carbons (Fsp3) is 1.00. The van der Waals surface area contributed by atoms with Crippen molar-refractivity contribution in [1.29, 1.82) is 0 Å². The molecule has 0 N–H and O–H groups in total. The van der Waals surface area contributed by atoms with Crippen molar-refractivity contribution in [3.8, 4) is 0 Å². The fourth-order valence-electron chi connectivity index (χ4n) is 1.68. The smallest absolute Gasteiger partial charge is 0.0809 e. The van der Waals surface area contributed by atoms with E-state index < -0.39 is 0 Å². The third-order valence-electron chi connectivity index (χ3n) is 2.98. The Labute approximate surface area is 88.1 Å². The van der Waals surface area contributed by atoms with Crippen LogP contribution >= 0.6 is 15.9 Å². The maximum Gasteiger partial charge on any atom is 0.0809 e. The molecule has 2 fully saturated rings. The normalized spacial score (nSPS) is 30.7. The predicted octanol–water partition coefficient (Wildman–Crippen LogP) is 2.36. The van der Waals surface area contributed by atoms with Gasteiger partial charge in [-0.3, -0.25) is 0 Å². The highest BCUT2D eigenvalue weighted by Crippen LogP contribution is 2.47. The first-order valence-electron chi connectivity index (χ1n) is 5.10. The minimum Gasteiger partial charge on any atom is -0.378 e. The summed E-state index contributed by atoms with van der Waals surface area (Å²) >= 11 is 3.54. The number of rotatable bonds is 5. The minimum atomic E-state index is 0.381. The van der Waals surface area contributed by atoms with Gasteiger partial charge in [-0.05, 0) is 25.7 Å². The first kappa shape index (κ1) is 9.94. The van der Waals surface area contributed by atoms with Crippen LogP contribution < -0.4 is 0 Å². The van der Waals surface area contributed by atoms with Crippen LogP contribution in [0.25, 0.3) is 0 Å². The fourth-order valence-corrected chi connectivity index (χ4v) is 2.40. The van der Waals surface area contributed by atoms with Gasteiger partial charge in [-0.2, -0.15) is 0 Å². The van der Waals surface area contributed by atoms with Crippen LogP contribution in [0.3, 0.4) is 0 Å². The summed E-state index contributed by atoms with van der Waals surface area (Å²) in [7, 11) is 0. The summed E-state index contributed by atoms with van der Waals surface area (Å²) in [6.07, 6.45) is 5.41. The molecule has 0 amide bonds. The minimum absolute atomic E-state index is 0.381.